The Labute approximate surface area is 81.5 Å². The molecule has 0 radical (unpaired) electrons. The third kappa shape index (κ3) is 2.01. The van der Waals surface area contributed by atoms with Crippen LogP contribution in [0.5, 0.6) is 0 Å². The van der Waals surface area contributed by atoms with Crippen molar-refractivity contribution in [2.45, 2.75) is 12.8 Å². The minimum absolute atomic E-state index is 0.396. The van der Waals surface area contributed by atoms with E-state index in [-0.39, 0.29) is 0 Å². The third-order valence-electron chi connectivity index (χ3n) is 2.09. The van der Waals surface area contributed by atoms with E-state index in [4.69, 9.17) is 17.3 Å². The number of halogens is 1. The fraction of sp³-hybridized carbons (Fsp3) is 0.500. The highest BCUT2D eigenvalue weighted by molar-refractivity contribution is 6.32. The van der Waals surface area contributed by atoms with Crippen molar-refractivity contribution in [2.24, 2.45) is 5.92 Å². The Morgan fingerprint density at radius 1 is 1.54 bits per heavy atom. The number of hydrogen-bond acceptors (Lipinski definition) is 4. The zero-order valence-electron chi connectivity index (χ0n) is 7.13. The lowest BCUT2D eigenvalue weighted by Gasteiger charge is -2.07. The van der Waals surface area contributed by atoms with E-state index in [0.29, 0.717) is 16.7 Å². The van der Waals surface area contributed by atoms with Crippen molar-refractivity contribution in [1.29, 1.82) is 0 Å². The average Bonchev–Trinajstić information content (AvgIpc) is 2.87. The summed E-state index contributed by atoms with van der Waals surface area (Å²) in [5.74, 6) is 1.19. The van der Waals surface area contributed by atoms with E-state index in [9.17, 15) is 0 Å². The maximum Gasteiger partial charge on any atom is 0.157 e. The van der Waals surface area contributed by atoms with Crippen molar-refractivity contribution in [3.8, 4) is 0 Å². The van der Waals surface area contributed by atoms with E-state index in [0.717, 1.165) is 12.5 Å². The van der Waals surface area contributed by atoms with Crippen molar-refractivity contribution in [2.75, 3.05) is 17.6 Å². The number of nitrogens with two attached hydrogens (primary N) is 1. The van der Waals surface area contributed by atoms with E-state index in [2.05, 4.69) is 15.3 Å². The van der Waals surface area contributed by atoms with Gasteiger partial charge in [0.15, 0.2) is 11.0 Å². The quantitative estimate of drug-likeness (QED) is 0.724. The highest BCUT2D eigenvalue weighted by atomic mass is 35.5. The van der Waals surface area contributed by atoms with Gasteiger partial charge in [0.25, 0.3) is 0 Å². The van der Waals surface area contributed by atoms with Gasteiger partial charge in [0.1, 0.15) is 12.0 Å². The van der Waals surface area contributed by atoms with E-state index >= 15 is 0 Å². The van der Waals surface area contributed by atoms with Crippen LogP contribution >= 0.6 is 11.6 Å². The molecular formula is C8H11ClN4. The molecule has 0 amide bonds. The van der Waals surface area contributed by atoms with Crippen LogP contribution in [0, 0.1) is 5.92 Å². The molecule has 5 heteroatoms. The molecule has 3 N–H and O–H groups in total. The SMILES string of the molecule is Nc1ncnc(Cl)c1NCC1CC1. The molecule has 1 saturated carbocycles. The maximum absolute atomic E-state index is 5.84. The van der Waals surface area contributed by atoms with Crippen LogP contribution in [0.2, 0.25) is 5.15 Å². The molecule has 1 fully saturated rings. The number of rotatable bonds is 3. The second-order valence-corrected chi connectivity index (χ2v) is 3.61. The van der Waals surface area contributed by atoms with E-state index in [1.807, 2.05) is 0 Å². The van der Waals surface area contributed by atoms with Crippen molar-refractivity contribution in [3.63, 3.8) is 0 Å². The molecule has 0 spiro atoms. The summed E-state index contributed by atoms with van der Waals surface area (Å²) >= 11 is 5.84. The highest BCUT2D eigenvalue weighted by Gasteiger charge is 2.21. The van der Waals surface area contributed by atoms with Gasteiger partial charge in [0.05, 0.1) is 0 Å². The molecule has 13 heavy (non-hydrogen) atoms. The van der Waals surface area contributed by atoms with Crippen LogP contribution in [0.1, 0.15) is 12.8 Å². The predicted molar refractivity (Wildman–Crippen MR) is 52.7 cm³/mol. The lowest BCUT2D eigenvalue weighted by molar-refractivity contribution is 0.887. The normalized spacial score (nSPS) is 15.8. The molecule has 0 unspecified atom stereocenters. The van der Waals surface area contributed by atoms with E-state index in [1.54, 1.807) is 0 Å². The second-order valence-electron chi connectivity index (χ2n) is 3.25. The lowest BCUT2D eigenvalue weighted by Crippen LogP contribution is -2.08. The summed E-state index contributed by atoms with van der Waals surface area (Å²) in [7, 11) is 0. The van der Waals surface area contributed by atoms with Gasteiger partial charge in [0, 0.05) is 6.54 Å². The molecule has 1 aliphatic carbocycles. The standard InChI is InChI=1S/C8H11ClN4/c9-7-6(8(10)13-4-12-7)11-3-5-1-2-5/h4-5,11H,1-3H2,(H2,10,12,13). The molecule has 0 aromatic carbocycles. The zero-order chi connectivity index (χ0) is 9.26. The van der Waals surface area contributed by atoms with Gasteiger partial charge in [-0.25, -0.2) is 9.97 Å². The number of aromatic nitrogens is 2. The van der Waals surface area contributed by atoms with Crippen LogP contribution in [0.25, 0.3) is 0 Å². The smallest absolute Gasteiger partial charge is 0.157 e. The fourth-order valence-corrected chi connectivity index (χ4v) is 1.32. The summed E-state index contributed by atoms with van der Waals surface area (Å²) in [6, 6.07) is 0. The molecule has 4 nitrogen and oxygen atoms in total. The van der Waals surface area contributed by atoms with E-state index in [1.165, 1.54) is 19.2 Å². The largest absolute Gasteiger partial charge is 0.382 e. The lowest BCUT2D eigenvalue weighted by atomic mass is 10.4. The molecule has 2 rings (SSSR count). The maximum atomic E-state index is 5.84. The van der Waals surface area contributed by atoms with E-state index < -0.39 is 0 Å². The number of anilines is 2. The van der Waals surface area contributed by atoms with Gasteiger partial charge < -0.3 is 11.1 Å². The minimum Gasteiger partial charge on any atom is -0.382 e. The Bertz CT molecular complexity index is 291. The Balaban J connectivity index is 2.07. The number of nitrogen functional groups attached to an aromatic ring is 1. The van der Waals surface area contributed by atoms with Gasteiger partial charge in [-0.15, -0.1) is 0 Å². The van der Waals surface area contributed by atoms with Crippen LogP contribution in [-0.4, -0.2) is 16.5 Å². The summed E-state index contributed by atoms with van der Waals surface area (Å²) in [6.07, 6.45) is 3.94. The first-order valence-corrected chi connectivity index (χ1v) is 4.65. The topological polar surface area (TPSA) is 63.8 Å². The van der Waals surface area contributed by atoms with Crippen molar-refractivity contribution < 1.29 is 0 Å². The molecule has 1 aromatic rings. The average molecular weight is 199 g/mol. The highest BCUT2D eigenvalue weighted by Crippen LogP contribution is 2.31. The molecule has 0 bridgehead atoms. The number of nitrogens with zero attached hydrogens (tertiary/aromatic N) is 2. The van der Waals surface area contributed by atoms with Gasteiger partial charge in [-0.2, -0.15) is 0 Å². The molecule has 0 atom stereocenters. The van der Waals surface area contributed by atoms with Crippen LogP contribution in [0.3, 0.4) is 0 Å². The summed E-state index contributed by atoms with van der Waals surface area (Å²) in [5.41, 5.74) is 6.29. The molecule has 1 heterocycles. The Kier molecular flexibility index (Phi) is 2.22. The first-order chi connectivity index (χ1) is 6.27. The first-order valence-electron chi connectivity index (χ1n) is 4.27. The Morgan fingerprint density at radius 3 is 2.92 bits per heavy atom. The first kappa shape index (κ1) is 8.56. The van der Waals surface area contributed by atoms with Crippen molar-refractivity contribution in [1.82, 2.24) is 9.97 Å². The molecular weight excluding hydrogens is 188 g/mol. The molecule has 0 aliphatic heterocycles. The number of nitrogens with one attached hydrogen (secondary N) is 1. The van der Waals surface area contributed by atoms with Crippen molar-refractivity contribution in [3.05, 3.63) is 11.5 Å². The summed E-state index contributed by atoms with van der Waals surface area (Å²) < 4.78 is 0. The summed E-state index contributed by atoms with van der Waals surface area (Å²) in [5, 5.41) is 3.56. The van der Waals surface area contributed by atoms with Crippen LogP contribution in [0.4, 0.5) is 11.5 Å². The van der Waals surface area contributed by atoms with Crippen molar-refractivity contribution >= 4 is 23.1 Å². The zero-order valence-corrected chi connectivity index (χ0v) is 7.88. The molecule has 1 aliphatic rings. The van der Waals surface area contributed by atoms with Gasteiger partial charge in [-0.3, -0.25) is 0 Å². The van der Waals surface area contributed by atoms with Crippen LogP contribution in [-0.2, 0) is 0 Å². The van der Waals surface area contributed by atoms with Gasteiger partial charge in [0.2, 0.25) is 0 Å². The summed E-state index contributed by atoms with van der Waals surface area (Å²) in [6.45, 7) is 0.914. The third-order valence-corrected chi connectivity index (χ3v) is 2.38. The molecule has 70 valence electrons. The monoisotopic (exact) mass is 198 g/mol. The van der Waals surface area contributed by atoms with Gasteiger partial charge in [-0.1, -0.05) is 11.6 Å². The second kappa shape index (κ2) is 3.38. The van der Waals surface area contributed by atoms with Gasteiger partial charge in [-0.05, 0) is 18.8 Å². The number of hydrogen-bond donors (Lipinski definition) is 2. The Morgan fingerprint density at radius 2 is 2.31 bits per heavy atom. The fourth-order valence-electron chi connectivity index (χ4n) is 1.11. The predicted octanol–water partition coefficient (Wildman–Crippen LogP) is 1.53. The van der Waals surface area contributed by atoms with Crippen LogP contribution < -0.4 is 11.1 Å². The molecule has 1 aromatic heterocycles. The Hall–Kier alpha value is -1.03. The van der Waals surface area contributed by atoms with Gasteiger partial charge >= 0.3 is 0 Å². The summed E-state index contributed by atoms with van der Waals surface area (Å²) in [4.78, 5) is 7.71. The minimum atomic E-state index is 0.396. The molecule has 0 saturated heterocycles. The van der Waals surface area contributed by atoms with Crippen LogP contribution in [0.15, 0.2) is 6.33 Å².